The first kappa shape index (κ1) is 33.7. The number of likely N-dealkylation sites (tertiary alicyclic amines) is 1. The van der Waals surface area contributed by atoms with Gasteiger partial charge >= 0.3 is 11.9 Å². The van der Waals surface area contributed by atoms with Gasteiger partial charge in [0.15, 0.2) is 18.1 Å². The summed E-state index contributed by atoms with van der Waals surface area (Å²) in [6.45, 7) is 4.19. The standard InChI is InChI=1S/C25H26N4O5.C4H6O6/c1-15-18(3-4-19-20(15)14-34-24(19)13-30)22(31)12-29-7-5-17(6-8-29)28-25(32)21-9-23(33-2)16(10-26)11-27-21;5-1(3(7)8)2(6)4(9)10/h3-4,9,11,17,22,31H,5-8,12,14H2,1-2H3,(H,28,32);1-2,5-6H,(H,7,8)(H,9,10)/t22-;/m0./s1. The fraction of sp³-hybridized carbons (Fsp3) is 0.414. The molecule has 1 saturated heterocycles. The second-order valence-corrected chi connectivity index (χ2v) is 10.0. The first-order valence-corrected chi connectivity index (χ1v) is 13.4. The van der Waals surface area contributed by atoms with Gasteiger partial charge in [0.1, 0.15) is 29.7 Å². The predicted molar refractivity (Wildman–Crippen MR) is 150 cm³/mol. The molecule has 1 aromatic carbocycles. The Kier molecular flexibility index (Phi) is 11.5. The molecular weight excluding hydrogens is 580 g/mol. The molecule has 1 fully saturated rings. The van der Waals surface area contributed by atoms with Crippen molar-refractivity contribution in [1.82, 2.24) is 15.2 Å². The van der Waals surface area contributed by atoms with E-state index in [1.807, 2.05) is 31.1 Å². The zero-order valence-corrected chi connectivity index (χ0v) is 23.9. The summed E-state index contributed by atoms with van der Waals surface area (Å²) in [4.78, 5) is 49.4. The lowest BCUT2D eigenvalue weighted by molar-refractivity contribution is -0.165. The number of carbonyl (C=O) groups is 3. The van der Waals surface area contributed by atoms with Crippen molar-refractivity contribution in [2.45, 2.75) is 50.7 Å². The molecule has 15 nitrogen and oxygen atoms in total. The highest BCUT2D eigenvalue weighted by molar-refractivity contribution is 5.93. The fourth-order valence-electron chi connectivity index (χ4n) is 4.79. The van der Waals surface area contributed by atoms with Crippen molar-refractivity contribution in [2.75, 3.05) is 26.7 Å². The van der Waals surface area contributed by atoms with Crippen molar-refractivity contribution in [3.8, 4) is 11.8 Å². The normalized spacial score (nSPS) is 16.5. The summed E-state index contributed by atoms with van der Waals surface area (Å²) < 4.78 is 10.5. The maximum atomic E-state index is 12.6. The molecule has 44 heavy (non-hydrogen) atoms. The smallest absolute Gasteiger partial charge is 0.335 e. The number of rotatable bonds is 9. The van der Waals surface area contributed by atoms with Crippen molar-refractivity contribution < 1.29 is 54.2 Å². The van der Waals surface area contributed by atoms with E-state index in [2.05, 4.69) is 15.2 Å². The molecule has 4 rings (SSSR count). The third-order valence-electron chi connectivity index (χ3n) is 7.30. The lowest BCUT2D eigenvalue weighted by Gasteiger charge is -2.33. The van der Waals surface area contributed by atoms with Crippen LogP contribution in [0.1, 0.15) is 57.3 Å². The number of pyridine rings is 1. The van der Waals surface area contributed by atoms with Crippen LogP contribution < -0.4 is 10.1 Å². The zero-order valence-electron chi connectivity index (χ0n) is 23.9. The van der Waals surface area contributed by atoms with Crippen LogP contribution in [0.3, 0.4) is 0 Å². The number of aliphatic hydroxyl groups is 3. The molecule has 0 bridgehead atoms. The molecule has 0 radical (unpaired) electrons. The fourth-order valence-corrected chi connectivity index (χ4v) is 4.79. The Labute approximate surface area is 251 Å². The lowest BCUT2D eigenvalue weighted by atomic mass is 9.94. The number of aliphatic hydroxyl groups excluding tert-OH is 3. The number of hydrogen-bond acceptors (Lipinski definition) is 12. The molecular formula is C29H32N4O11. The van der Waals surface area contributed by atoms with E-state index in [1.54, 1.807) is 0 Å². The Balaban J connectivity index is 0.000000456. The maximum Gasteiger partial charge on any atom is 0.335 e. The minimum absolute atomic E-state index is 0.00300. The Morgan fingerprint density at radius 1 is 1.16 bits per heavy atom. The number of nitrogens with zero attached hydrogens (tertiary/aromatic N) is 3. The van der Waals surface area contributed by atoms with Crippen molar-refractivity contribution in [3.05, 3.63) is 57.9 Å². The van der Waals surface area contributed by atoms with Crippen LogP contribution in [0.15, 0.2) is 24.4 Å². The van der Waals surface area contributed by atoms with E-state index in [-0.39, 0.29) is 29.0 Å². The Morgan fingerprint density at radius 2 is 1.80 bits per heavy atom. The van der Waals surface area contributed by atoms with E-state index in [9.17, 15) is 24.3 Å². The number of carboxylic acid groups (broad SMARTS) is 2. The van der Waals surface area contributed by atoms with Crippen molar-refractivity contribution in [1.29, 1.82) is 5.26 Å². The van der Waals surface area contributed by atoms with Gasteiger partial charge in [0.25, 0.3) is 5.91 Å². The zero-order chi connectivity index (χ0) is 32.6. The van der Waals surface area contributed by atoms with E-state index >= 15 is 0 Å². The molecule has 2 unspecified atom stereocenters. The lowest BCUT2D eigenvalue weighted by Crippen LogP contribution is -2.45. The largest absolute Gasteiger partial charge is 0.495 e. The molecule has 0 aliphatic carbocycles. The van der Waals surface area contributed by atoms with Crippen molar-refractivity contribution >= 4 is 29.5 Å². The Bertz CT molecular complexity index is 1470. The highest BCUT2D eigenvalue weighted by Gasteiger charge is 2.30. The Hall–Kier alpha value is -4.84. The minimum atomic E-state index is -2.27. The highest BCUT2D eigenvalue weighted by Crippen LogP contribution is 2.34. The van der Waals surface area contributed by atoms with Gasteiger partial charge in [-0.3, -0.25) is 4.79 Å². The van der Waals surface area contributed by atoms with Gasteiger partial charge in [-0.05, 0) is 37.0 Å². The maximum absolute atomic E-state index is 12.6. The quantitative estimate of drug-likeness (QED) is 0.201. The van der Waals surface area contributed by atoms with Crippen LogP contribution in [0.4, 0.5) is 0 Å². The van der Waals surface area contributed by atoms with Crippen molar-refractivity contribution in [2.24, 2.45) is 0 Å². The number of aliphatic carboxylic acids is 2. The monoisotopic (exact) mass is 612 g/mol. The van der Waals surface area contributed by atoms with Gasteiger partial charge in [-0.2, -0.15) is 5.26 Å². The summed E-state index contributed by atoms with van der Waals surface area (Å²) in [5, 5.41) is 55.5. The van der Waals surface area contributed by atoms with E-state index in [0.717, 1.165) is 48.2 Å². The molecule has 6 N–H and O–H groups in total. The third-order valence-corrected chi connectivity index (χ3v) is 7.30. The van der Waals surface area contributed by atoms with Crippen LogP contribution in [0.25, 0.3) is 5.76 Å². The number of fused-ring (bicyclic) bond motifs is 1. The topological polar surface area (TPSA) is 240 Å². The number of ether oxygens (including phenoxy) is 2. The molecule has 15 heteroatoms. The number of methoxy groups -OCH3 is 1. The number of β-amino-alcohol motifs (C(OH)–C–C–N with tert-alkyl or cyclic N) is 1. The van der Waals surface area contributed by atoms with Gasteiger partial charge in [0.05, 0.1) is 13.2 Å². The summed E-state index contributed by atoms with van der Waals surface area (Å²) in [5.41, 5.74) is 3.90. The van der Waals surface area contributed by atoms with Crippen LogP contribution in [0.5, 0.6) is 5.75 Å². The van der Waals surface area contributed by atoms with Crippen LogP contribution in [0, 0.1) is 18.3 Å². The number of piperidine rings is 1. The van der Waals surface area contributed by atoms with E-state index < -0.39 is 30.3 Å². The number of nitriles is 1. The molecule has 0 saturated carbocycles. The third kappa shape index (κ3) is 7.95. The van der Waals surface area contributed by atoms with E-state index in [1.165, 1.54) is 19.4 Å². The van der Waals surface area contributed by atoms with Crippen LogP contribution in [-0.2, 0) is 25.7 Å². The van der Waals surface area contributed by atoms with E-state index in [0.29, 0.717) is 18.9 Å². The number of benzene rings is 1. The van der Waals surface area contributed by atoms with Gasteiger partial charge in [0, 0.05) is 49.1 Å². The predicted octanol–water partition coefficient (Wildman–Crippen LogP) is -0.222. The average Bonchev–Trinajstić information content (AvgIpc) is 3.45. The SMILES string of the molecule is COc1cc(C(=O)NC2CCN(C[C@H](O)c3ccc4c(c3C)COC4=C=O)CC2)ncc1C#N.O=C(O)C(O)C(O)C(=O)O. The molecule has 234 valence electrons. The highest BCUT2D eigenvalue weighted by atomic mass is 16.5. The summed E-state index contributed by atoms with van der Waals surface area (Å²) in [6.07, 6.45) is -2.38. The van der Waals surface area contributed by atoms with Crippen molar-refractivity contribution in [3.63, 3.8) is 0 Å². The first-order chi connectivity index (χ1) is 20.9. The van der Waals surface area contributed by atoms with Crippen LogP contribution in [-0.4, -0.2) is 104 Å². The second-order valence-electron chi connectivity index (χ2n) is 10.0. The summed E-state index contributed by atoms with van der Waals surface area (Å²) in [5.74, 6) is -1.48. The minimum Gasteiger partial charge on any atom is -0.495 e. The van der Waals surface area contributed by atoms with Gasteiger partial charge in [-0.25, -0.2) is 19.4 Å². The number of aromatic nitrogens is 1. The summed E-state index contributed by atoms with van der Waals surface area (Å²) in [6, 6.07) is 7.10. The Morgan fingerprint density at radius 3 is 2.34 bits per heavy atom. The molecule has 3 atom stereocenters. The average molecular weight is 613 g/mol. The molecule has 2 aromatic rings. The summed E-state index contributed by atoms with van der Waals surface area (Å²) in [7, 11) is 1.44. The van der Waals surface area contributed by atoms with Gasteiger partial charge < -0.3 is 45.2 Å². The summed E-state index contributed by atoms with van der Waals surface area (Å²) >= 11 is 0. The van der Waals surface area contributed by atoms with Gasteiger partial charge in [0.2, 0.25) is 5.76 Å². The van der Waals surface area contributed by atoms with Gasteiger partial charge in [-0.1, -0.05) is 6.07 Å². The van der Waals surface area contributed by atoms with E-state index in [4.69, 9.17) is 35.2 Å². The molecule has 3 heterocycles. The molecule has 2 aliphatic rings. The number of hydrogen-bond donors (Lipinski definition) is 6. The first-order valence-electron chi connectivity index (χ1n) is 13.4. The second kappa shape index (κ2) is 15.1. The molecule has 0 spiro atoms. The number of amides is 1. The van der Waals surface area contributed by atoms with Crippen LogP contribution in [0.2, 0.25) is 0 Å². The van der Waals surface area contributed by atoms with Gasteiger partial charge in [-0.15, -0.1) is 0 Å². The number of carboxylic acids is 2. The number of nitrogens with one attached hydrogen (secondary N) is 1. The molecule has 1 amide bonds. The molecule has 1 aromatic heterocycles. The molecule has 2 aliphatic heterocycles. The van der Waals surface area contributed by atoms with Crippen LogP contribution >= 0.6 is 0 Å². The number of carbonyl (C=O) groups excluding carboxylic acids is 2.